The molecule has 0 spiro atoms. The van der Waals surface area contributed by atoms with Gasteiger partial charge in [-0.25, -0.2) is 9.18 Å². The normalized spacial score (nSPS) is 11.5. The highest BCUT2D eigenvalue weighted by atomic mass is 35.5. The van der Waals surface area contributed by atoms with Gasteiger partial charge in [0.05, 0.1) is 29.6 Å². The van der Waals surface area contributed by atoms with Gasteiger partial charge >= 0.3 is 12.1 Å². The molecule has 0 atom stereocenters. The molecule has 1 aromatic rings. The van der Waals surface area contributed by atoms with E-state index in [1.165, 1.54) is 0 Å². The molecule has 10 heteroatoms. The zero-order valence-electron chi connectivity index (χ0n) is 10.3. The summed E-state index contributed by atoms with van der Waals surface area (Å²) >= 11 is 5.61. The molecule has 0 aromatic heterocycles. The first kappa shape index (κ1) is 16.9. The van der Waals surface area contributed by atoms with Crippen molar-refractivity contribution in [2.45, 2.75) is 6.18 Å². The fourth-order valence-electron chi connectivity index (χ4n) is 1.13. The lowest BCUT2D eigenvalue weighted by Crippen LogP contribution is -2.24. The van der Waals surface area contributed by atoms with Crippen LogP contribution in [-0.2, 0) is 9.53 Å². The molecule has 0 unspecified atom stereocenters. The summed E-state index contributed by atoms with van der Waals surface area (Å²) in [5.74, 6) is -4.08. The summed E-state index contributed by atoms with van der Waals surface area (Å²) in [6.45, 7) is 0. The molecule has 5 nitrogen and oxygen atoms in total. The fraction of sp³-hybridized carbons (Fsp3) is 0.182. The largest absolute Gasteiger partial charge is 0.465 e. The molecule has 0 amide bonds. The molecule has 0 saturated carbocycles. The van der Waals surface area contributed by atoms with E-state index in [1.54, 1.807) is 0 Å². The quantitative estimate of drug-likeness (QED) is 0.400. The lowest BCUT2D eigenvalue weighted by Gasteiger charge is -2.07. The molecule has 0 aliphatic rings. The van der Waals surface area contributed by atoms with Gasteiger partial charge in [-0.05, 0) is 12.1 Å². The summed E-state index contributed by atoms with van der Waals surface area (Å²) in [5.41, 5.74) is 1.20. The Balaban J connectivity index is 2.97. The highest BCUT2D eigenvalue weighted by Crippen LogP contribution is 2.25. The maximum atomic E-state index is 13.5. The van der Waals surface area contributed by atoms with Crippen molar-refractivity contribution < 1.29 is 31.9 Å². The number of anilines is 1. The van der Waals surface area contributed by atoms with Crippen molar-refractivity contribution in [1.82, 2.24) is 0 Å². The van der Waals surface area contributed by atoms with Crippen molar-refractivity contribution in [3.8, 4) is 0 Å². The fourth-order valence-corrected chi connectivity index (χ4v) is 1.36. The van der Waals surface area contributed by atoms with E-state index in [9.17, 15) is 27.2 Å². The van der Waals surface area contributed by atoms with Crippen LogP contribution in [0.5, 0.6) is 0 Å². The Labute approximate surface area is 120 Å². The first-order valence-electron chi connectivity index (χ1n) is 5.14. The minimum absolute atomic E-state index is 0.0636. The second-order valence-corrected chi connectivity index (χ2v) is 3.94. The number of rotatable bonds is 4. The topological polar surface area (TPSA) is 67.8 Å². The molecule has 1 aromatic carbocycles. The molecule has 0 heterocycles. The van der Waals surface area contributed by atoms with Gasteiger partial charge in [0.25, 0.3) is 5.78 Å². The molecule has 114 valence electrons. The van der Waals surface area contributed by atoms with Gasteiger partial charge in [0.15, 0.2) is 0 Å². The van der Waals surface area contributed by atoms with E-state index in [0.29, 0.717) is 0 Å². The molecule has 1 rings (SSSR count). The number of nitrogens with zero attached hydrogens (tertiary/aromatic N) is 1. The van der Waals surface area contributed by atoms with Crippen LogP contribution in [-0.4, -0.2) is 31.3 Å². The molecule has 0 radical (unpaired) electrons. The molecule has 21 heavy (non-hydrogen) atoms. The number of methoxy groups -OCH3 is 1. The number of alkyl halides is 3. The minimum Gasteiger partial charge on any atom is -0.465 e. The van der Waals surface area contributed by atoms with Crippen LogP contribution < -0.4 is 5.43 Å². The Bertz CT molecular complexity index is 602. The Morgan fingerprint density at radius 2 is 2.00 bits per heavy atom. The average Bonchev–Trinajstić information content (AvgIpc) is 2.39. The number of ether oxygens (including phenoxy) is 1. The highest BCUT2D eigenvalue weighted by molar-refractivity contribution is 6.33. The Hall–Kier alpha value is -2.16. The van der Waals surface area contributed by atoms with Crippen molar-refractivity contribution in [2.75, 3.05) is 12.5 Å². The molecule has 0 fully saturated rings. The van der Waals surface area contributed by atoms with Crippen LogP contribution in [0.2, 0.25) is 5.02 Å². The lowest BCUT2D eigenvalue weighted by atomic mass is 10.2. The molecule has 0 bridgehead atoms. The predicted octanol–water partition coefficient (Wildman–Crippen LogP) is 2.79. The predicted molar refractivity (Wildman–Crippen MR) is 65.9 cm³/mol. The van der Waals surface area contributed by atoms with Gasteiger partial charge < -0.3 is 4.74 Å². The smallest absolute Gasteiger partial charge is 0.455 e. The van der Waals surface area contributed by atoms with Gasteiger partial charge in [-0.15, -0.1) is 0 Å². The number of benzene rings is 1. The maximum absolute atomic E-state index is 13.5. The summed E-state index contributed by atoms with van der Waals surface area (Å²) in [6, 6.07) is 1.64. The Morgan fingerprint density at radius 1 is 1.38 bits per heavy atom. The third-order valence-corrected chi connectivity index (χ3v) is 2.42. The van der Waals surface area contributed by atoms with Gasteiger partial charge in [-0.3, -0.25) is 10.2 Å². The average molecular weight is 327 g/mol. The number of hydrazone groups is 1. The molecule has 0 saturated heterocycles. The van der Waals surface area contributed by atoms with Crippen LogP contribution in [0.15, 0.2) is 17.2 Å². The van der Waals surface area contributed by atoms with E-state index in [0.717, 1.165) is 19.2 Å². The second-order valence-electron chi connectivity index (χ2n) is 3.54. The van der Waals surface area contributed by atoms with E-state index in [-0.39, 0.29) is 16.8 Å². The summed E-state index contributed by atoms with van der Waals surface area (Å²) in [6.07, 6.45) is -5.15. The number of hydrogen-bond donors (Lipinski definition) is 1. The zero-order chi connectivity index (χ0) is 16.2. The number of hydrogen-bond acceptors (Lipinski definition) is 5. The van der Waals surface area contributed by atoms with Crippen LogP contribution >= 0.6 is 11.6 Å². The monoisotopic (exact) mass is 326 g/mol. The lowest BCUT2D eigenvalue weighted by molar-refractivity contribution is -0.162. The Kier molecular flexibility index (Phi) is 5.25. The molecule has 0 aliphatic heterocycles. The van der Waals surface area contributed by atoms with E-state index >= 15 is 0 Å². The van der Waals surface area contributed by atoms with Crippen molar-refractivity contribution >= 4 is 35.3 Å². The third-order valence-electron chi connectivity index (χ3n) is 2.11. The zero-order valence-corrected chi connectivity index (χ0v) is 11.0. The van der Waals surface area contributed by atoms with Crippen molar-refractivity contribution in [3.63, 3.8) is 0 Å². The number of carbonyl (C=O) groups excluding carboxylic acids is 2. The van der Waals surface area contributed by atoms with Crippen LogP contribution in [0, 0.1) is 5.82 Å². The Morgan fingerprint density at radius 3 is 2.52 bits per heavy atom. The number of nitrogens with one attached hydrogen (secondary N) is 1. The van der Waals surface area contributed by atoms with Crippen molar-refractivity contribution in [1.29, 1.82) is 0 Å². The van der Waals surface area contributed by atoms with Gasteiger partial charge in [-0.1, -0.05) is 11.6 Å². The molecular formula is C11H7ClF4N2O3. The van der Waals surface area contributed by atoms with E-state index < -0.39 is 29.4 Å². The first-order valence-corrected chi connectivity index (χ1v) is 5.52. The number of esters is 1. The van der Waals surface area contributed by atoms with Crippen LogP contribution in [0.4, 0.5) is 23.2 Å². The van der Waals surface area contributed by atoms with E-state index in [1.807, 2.05) is 5.43 Å². The minimum atomic E-state index is -5.08. The summed E-state index contributed by atoms with van der Waals surface area (Å²) in [5, 5.41) is 2.70. The summed E-state index contributed by atoms with van der Waals surface area (Å²) in [4.78, 5) is 21.8. The highest BCUT2D eigenvalue weighted by Gasteiger charge is 2.36. The number of halogens is 5. The first-order chi connectivity index (χ1) is 9.66. The third kappa shape index (κ3) is 4.42. The van der Waals surface area contributed by atoms with Crippen molar-refractivity contribution in [2.24, 2.45) is 5.10 Å². The number of ketones is 1. The van der Waals surface area contributed by atoms with E-state index in [2.05, 4.69) is 9.84 Å². The summed E-state index contributed by atoms with van der Waals surface area (Å²) in [7, 11) is 1.06. The van der Waals surface area contributed by atoms with Gasteiger partial charge in [0.2, 0.25) is 0 Å². The molecule has 1 N–H and O–H groups in total. The van der Waals surface area contributed by atoms with Gasteiger partial charge in [0.1, 0.15) is 5.82 Å². The molecular weight excluding hydrogens is 320 g/mol. The maximum Gasteiger partial charge on any atom is 0.455 e. The van der Waals surface area contributed by atoms with E-state index in [4.69, 9.17) is 11.6 Å². The summed E-state index contributed by atoms with van der Waals surface area (Å²) < 4.78 is 53.6. The van der Waals surface area contributed by atoms with Crippen LogP contribution in [0.1, 0.15) is 10.4 Å². The van der Waals surface area contributed by atoms with Crippen LogP contribution in [0.25, 0.3) is 0 Å². The van der Waals surface area contributed by atoms with Gasteiger partial charge in [0, 0.05) is 0 Å². The number of carbonyl (C=O) groups is 2. The SMILES string of the molecule is COC(=O)c1cc(NN=CC(=O)C(F)(F)F)c(F)cc1Cl. The van der Waals surface area contributed by atoms with Crippen molar-refractivity contribution in [3.05, 3.63) is 28.5 Å². The standard InChI is InChI=1S/C11H7ClF4N2O3/c1-21-10(20)5-2-8(7(13)3-6(5)12)18-17-4-9(19)11(14,15)16/h2-4,18H,1H3. The van der Waals surface area contributed by atoms with Gasteiger partial charge in [-0.2, -0.15) is 18.3 Å². The van der Waals surface area contributed by atoms with Crippen LogP contribution in [0.3, 0.4) is 0 Å². The molecule has 0 aliphatic carbocycles. The number of Topliss-reactive ketones (excluding diaryl/α,β-unsaturated/α-hetero) is 1. The second kappa shape index (κ2) is 6.53.